The average molecular weight is 1130 g/mol. The molecule has 0 aliphatic carbocycles. The summed E-state index contributed by atoms with van der Waals surface area (Å²) in [5.41, 5.74) is 5.38. The van der Waals surface area contributed by atoms with Gasteiger partial charge in [-0.2, -0.15) is 0 Å². The van der Waals surface area contributed by atoms with Crippen molar-refractivity contribution in [2.24, 2.45) is 5.73 Å². The molecule has 0 spiro atoms. The molecule has 0 fully saturated rings. The third-order valence-corrected chi connectivity index (χ3v) is 12.6. The van der Waals surface area contributed by atoms with E-state index in [9.17, 15) is 19.0 Å². The number of hydrogen-bond acceptors (Lipinski definition) is 8. The van der Waals surface area contributed by atoms with E-state index in [1.54, 1.807) is 0 Å². The lowest BCUT2D eigenvalue weighted by Gasteiger charge is -2.19. The van der Waals surface area contributed by atoms with E-state index >= 15 is 0 Å². The minimum atomic E-state index is -4.42. The topological polar surface area (TPSA) is 134 Å². The quantitative estimate of drug-likeness (QED) is 0.0264. The van der Waals surface area contributed by atoms with Crippen LogP contribution < -0.4 is 5.73 Å². The number of esters is 2. The largest absolute Gasteiger partial charge is 0.472 e. The molecule has 2 unspecified atom stereocenters. The first-order valence-corrected chi connectivity index (χ1v) is 32.1. The van der Waals surface area contributed by atoms with Crippen molar-refractivity contribution >= 4 is 19.8 Å². The first-order chi connectivity index (χ1) is 39.8. The number of phosphoric acid groups is 1. The minimum Gasteiger partial charge on any atom is -0.462 e. The monoisotopic (exact) mass is 1130 g/mol. The summed E-state index contributed by atoms with van der Waals surface area (Å²) in [6.45, 7) is 3.40. The van der Waals surface area contributed by atoms with Gasteiger partial charge in [-0.05, 0) is 148 Å². The van der Waals surface area contributed by atoms with Crippen molar-refractivity contribution in [3.05, 3.63) is 207 Å². The molecule has 0 radical (unpaired) electrons. The van der Waals surface area contributed by atoms with Crippen molar-refractivity contribution in [3.63, 3.8) is 0 Å². The Hall–Kier alpha value is -5.41. The van der Waals surface area contributed by atoms with Crippen LogP contribution in [0.15, 0.2) is 207 Å². The van der Waals surface area contributed by atoms with E-state index in [1.807, 2.05) is 0 Å². The summed E-state index contributed by atoms with van der Waals surface area (Å²) in [4.78, 5) is 35.2. The maximum atomic E-state index is 12.7. The summed E-state index contributed by atoms with van der Waals surface area (Å²) >= 11 is 0. The lowest BCUT2D eigenvalue weighted by Crippen LogP contribution is -2.29. The number of hydrogen-bond donors (Lipinski definition) is 2. The summed E-state index contributed by atoms with van der Waals surface area (Å²) in [5.74, 6) is -0.917. The fraction of sp³-hybridized carbons (Fsp3) is 0.493. The number of carbonyl (C=O) groups is 2. The number of phosphoric ester groups is 1. The SMILES string of the molecule is CC/C=C\C/C=C\C/C=C\C/C=C\C/C=C\C/C=C\C/C=C\C/C=C\C/C=C\C/C=C\CCCCCCC(=O)OC(COC(=O)CCCCC/C=C\C/C=C\C/C=C\C/C=C\C/C=C\C/C=C\C/C=C\CC)COP(=O)(O)OCCN. The van der Waals surface area contributed by atoms with Crippen LogP contribution in [0.1, 0.15) is 194 Å². The molecule has 0 amide bonds. The predicted molar refractivity (Wildman–Crippen MR) is 348 cm³/mol. The lowest BCUT2D eigenvalue weighted by molar-refractivity contribution is -0.161. The second-order valence-electron chi connectivity index (χ2n) is 19.1. The number of carbonyl (C=O) groups excluding carboxylic acids is 2. The molecule has 0 aliphatic heterocycles. The third-order valence-electron chi connectivity index (χ3n) is 11.7. The number of unbranched alkanes of at least 4 members (excludes halogenated alkanes) is 7. The molecule has 0 heterocycles. The van der Waals surface area contributed by atoms with Crippen LogP contribution in [0.4, 0.5) is 0 Å². The van der Waals surface area contributed by atoms with E-state index in [0.29, 0.717) is 12.8 Å². The van der Waals surface area contributed by atoms with E-state index < -0.39 is 32.5 Å². The van der Waals surface area contributed by atoms with Crippen LogP contribution in [0, 0.1) is 0 Å². The van der Waals surface area contributed by atoms with Crippen molar-refractivity contribution < 1.29 is 37.6 Å². The van der Waals surface area contributed by atoms with Crippen LogP contribution >= 0.6 is 7.82 Å². The highest BCUT2D eigenvalue weighted by atomic mass is 31.2. The smallest absolute Gasteiger partial charge is 0.462 e. The number of rotatable bonds is 54. The van der Waals surface area contributed by atoms with Crippen LogP contribution in [0.5, 0.6) is 0 Å². The highest BCUT2D eigenvalue weighted by molar-refractivity contribution is 7.47. The molecule has 10 heteroatoms. The van der Waals surface area contributed by atoms with Gasteiger partial charge in [-0.1, -0.05) is 240 Å². The van der Waals surface area contributed by atoms with Gasteiger partial charge in [0.25, 0.3) is 0 Å². The second-order valence-corrected chi connectivity index (χ2v) is 20.6. The lowest BCUT2D eigenvalue weighted by atomic mass is 10.1. The van der Waals surface area contributed by atoms with E-state index in [2.05, 4.69) is 220 Å². The summed E-state index contributed by atoms with van der Waals surface area (Å²) in [5, 5.41) is 0. The number of nitrogens with two attached hydrogens (primary N) is 1. The maximum absolute atomic E-state index is 12.7. The van der Waals surface area contributed by atoms with Crippen molar-refractivity contribution in [2.75, 3.05) is 26.4 Å². The normalized spacial score (nSPS) is 14.5. The summed E-state index contributed by atoms with van der Waals surface area (Å²) in [6.07, 6.45) is 98.8. The number of ether oxygens (including phenoxy) is 2. The Morgan fingerprint density at radius 2 is 0.642 bits per heavy atom. The van der Waals surface area contributed by atoms with E-state index in [1.165, 1.54) is 0 Å². The second kappa shape index (κ2) is 63.8. The molecule has 9 nitrogen and oxygen atoms in total. The molecule has 450 valence electrons. The number of allylic oxidation sites excluding steroid dienone is 34. The Balaban J connectivity index is 4.17. The summed E-state index contributed by atoms with van der Waals surface area (Å²) in [6, 6.07) is 0. The molecule has 0 aliphatic rings. The summed E-state index contributed by atoms with van der Waals surface area (Å²) in [7, 11) is -4.42. The van der Waals surface area contributed by atoms with Gasteiger partial charge in [0.1, 0.15) is 6.61 Å². The van der Waals surface area contributed by atoms with Gasteiger partial charge in [0.15, 0.2) is 6.10 Å². The molecule has 2 atom stereocenters. The maximum Gasteiger partial charge on any atom is 0.472 e. The zero-order valence-electron chi connectivity index (χ0n) is 50.2. The van der Waals surface area contributed by atoms with Gasteiger partial charge in [0.2, 0.25) is 0 Å². The molecular weight excluding hydrogens is 1030 g/mol. The molecule has 81 heavy (non-hydrogen) atoms. The standard InChI is InChI=1S/C71H108NO8P/c1-3-5-7-9-11-13-15-17-19-21-23-25-27-29-30-31-32-33-34-35-36-37-38-40-42-44-46-48-50-52-54-56-58-60-62-64-71(74)80-69(68-79-81(75,76)78-66-65-72)67-77-70(73)63-61-59-57-55-53-51-49-47-45-43-41-39-28-26-24-22-20-18-16-14-12-10-8-6-4-2/h5-8,11-14,17-20,23-26,29-30,32-33,35-36,38-41,44-47,50-53,69H,3-4,9-10,15-16,21-22,27-28,31,34,37,42-43,48-49,54-68,72H2,1-2H3,(H,75,76)/b7-5-,8-6-,13-11-,14-12-,19-17-,20-18-,25-23-,26-24-,30-29-,33-32-,36-35-,40-38-,41-39-,46-44-,47-45-,52-50-,53-51-. The Morgan fingerprint density at radius 1 is 0.370 bits per heavy atom. The van der Waals surface area contributed by atoms with Crippen LogP contribution in [0.25, 0.3) is 0 Å². The minimum absolute atomic E-state index is 0.0312. The van der Waals surface area contributed by atoms with Gasteiger partial charge in [-0.15, -0.1) is 0 Å². The van der Waals surface area contributed by atoms with E-state index in [-0.39, 0.29) is 32.6 Å². The van der Waals surface area contributed by atoms with Gasteiger partial charge in [0, 0.05) is 19.4 Å². The molecule has 3 N–H and O–H groups in total. The Morgan fingerprint density at radius 3 is 0.951 bits per heavy atom. The molecule has 0 rings (SSSR count). The van der Waals surface area contributed by atoms with Gasteiger partial charge in [-0.3, -0.25) is 18.6 Å². The fourth-order valence-corrected chi connectivity index (χ4v) is 7.99. The van der Waals surface area contributed by atoms with Crippen molar-refractivity contribution in [1.29, 1.82) is 0 Å². The molecular formula is C71H108NO8P. The van der Waals surface area contributed by atoms with Crippen molar-refractivity contribution in [1.82, 2.24) is 0 Å². The highest BCUT2D eigenvalue weighted by Gasteiger charge is 2.26. The Labute approximate surface area is 493 Å². The van der Waals surface area contributed by atoms with Gasteiger partial charge < -0.3 is 20.1 Å². The van der Waals surface area contributed by atoms with Gasteiger partial charge in [0.05, 0.1) is 13.2 Å². The molecule has 0 saturated carbocycles. The zero-order valence-corrected chi connectivity index (χ0v) is 51.1. The molecule has 0 saturated heterocycles. The first kappa shape index (κ1) is 75.6. The molecule has 0 aromatic heterocycles. The molecule has 0 bridgehead atoms. The van der Waals surface area contributed by atoms with E-state index in [0.717, 1.165) is 154 Å². The van der Waals surface area contributed by atoms with Crippen LogP contribution in [-0.4, -0.2) is 49.3 Å². The highest BCUT2D eigenvalue weighted by Crippen LogP contribution is 2.43. The average Bonchev–Trinajstić information content (AvgIpc) is 3.46. The Kier molecular flexibility index (Phi) is 59.5. The Bertz CT molecular complexity index is 2070. The fourth-order valence-electron chi connectivity index (χ4n) is 7.23. The van der Waals surface area contributed by atoms with Crippen molar-refractivity contribution in [2.45, 2.75) is 200 Å². The summed E-state index contributed by atoms with van der Waals surface area (Å²) < 4.78 is 33.0. The van der Waals surface area contributed by atoms with Gasteiger partial charge in [-0.25, -0.2) is 4.57 Å². The third kappa shape index (κ3) is 63.6. The zero-order chi connectivity index (χ0) is 58.7. The van der Waals surface area contributed by atoms with E-state index in [4.69, 9.17) is 24.3 Å². The van der Waals surface area contributed by atoms with Crippen LogP contribution in [0.2, 0.25) is 0 Å². The predicted octanol–water partition coefficient (Wildman–Crippen LogP) is 20.0. The van der Waals surface area contributed by atoms with Gasteiger partial charge >= 0.3 is 19.8 Å². The van der Waals surface area contributed by atoms with Crippen molar-refractivity contribution in [3.8, 4) is 0 Å². The first-order valence-electron chi connectivity index (χ1n) is 30.6. The van der Waals surface area contributed by atoms with Crippen LogP contribution in [-0.2, 0) is 32.7 Å². The molecule has 0 aromatic carbocycles. The molecule has 0 aromatic rings. The van der Waals surface area contributed by atoms with Crippen LogP contribution in [0.3, 0.4) is 0 Å².